The van der Waals surface area contributed by atoms with E-state index in [4.69, 9.17) is 14.2 Å². The summed E-state index contributed by atoms with van der Waals surface area (Å²) in [6.07, 6.45) is 0. The molecule has 1 aliphatic rings. The van der Waals surface area contributed by atoms with Crippen LogP contribution < -0.4 is 15.0 Å². The van der Waals surface area contributed by atoms with Crippen LogP contribution in [-0.2, 0) is 0 Å². The van der Waals surface area contributed by atoms with E-state index in [9.17, 15) is 4.79 Å². The van der Waals surface area contributed by atoms with Crippen LogP contribution in [0.2, 0.25) is 0 Å². The highest BCUT2D eigenvalue weighted by molar-refractivity contribution is 6.01. The summed E-state index contributed by atoms with van der Waals surface area (Å²) in [5.41, 5.74) is 5.02. The van der Waals surface area contributed by atoms with E-state index < -0.39 is 6.04 Å². The number of carbonyl (C=O) groups excluding carboxylic acids is 1. The van der Waals surface area contributed by atoms with Crippen LogP contribution in [0.5, 0.6) is 5.75 Å². The Labute approximate surface area is 197 Å². The first-order valence-electron chi connectivity index (χ1n) is 11.0. The second-order valence-corrected chi connectivity index (χ2v) is 8.12. The zero-order valence-corrected chi connectivity index (χ0v) is 19.1. The summed E-state index contributed by atoms with van der Waals surface area (Å²) in [6, 6.07) is 24.3. The lowest BCUT2D eigenvalue weighted by Crippen LogP contribution is -2.46. The third kappa shape index (κ3) is 3.92. The van der Waals surface area contributed by atoms with E-state index in [0.29, 0.717) is 11.7 Å². The van der Waals surface area contributed by atoms with Crippen molar-refractivity contribution >= 4 is 17.3 Å². The number of urea groups is 1. The molecule has 7 nitrogen and oxygen atoms in total. The maximum Gasteiger partial charge on any atom is 0.326 e. The molecule has 4 aromatic rings. The lowest BCUT2D eigenvalue weighted by Gasteiger charge is -2.35. The molecule has 34 heavy (non-hydrogen) atoms. The van der Waals surface area contributed by atoms with E-state index in [1.165, 1.54) is 0 Å². The minimum absolute atomic E-state index is 0.226. The van der Waals surface area contributed by atoms with Gasteiger partial charge in [-0.3, -0.25) is 4.90 Å². The number of amides is 2. The van der Waals surface area contributed by atoms with Crippen molar-refractivity contribution in [2.75, 3.05) is 12.0 Å². The third-order valence-corrected chi connectivity index (χ3v) is 5.88. The second-order valence-electron chi connectivity index (χ2n) is 8.12. The Morgan fingerprint density at radius 3 is 2.44 bits per heavy atom. The van der Waals surface area contributed by atoms with Crippen LogP contribution >= 0.6 is 0 Å². The Balaban J connectivity index is 1.65. The van der Waals surface area contributed by atoms with Crippen LogP contribution in [0.25, 0.3) is 17.0 Å². The summed E-state index contributed by atoms with van der Waals surface area (Å²) in [7, 11) is 1.62. The van der Waals surface area contributed by atoms with E-state index in [0.717, 1.165) is 39.4 Å². The molecule has 0 fully saturated rings. The van der Waals surface area contributed by atoms with Gasteiger partial charge in [-0.2, -0.15) is 4.98 Å². The van der Waals surface area contributed by atoms with Crippen LogP contribution in [0.15, 0.2) is 89.1 Å². The maximum absolute atomic E-state index is 13.3. The second kappa shape index (κ2) is 8.86. The van der Waals surface area contributed by atoms with Crippen molar-refractivity contribution in [1.29, 1.82) is 0 Å². The molecule has 0 saturated carbocycles. The number of nitrogens with one attached hydrogen (secondary N) is 1. The molecule has 1 atom stereocenters. The van der Waals surface area contributed by atoms with E-state index in [-0.39, 0.29) is 6.03 Å². The molecule has 1 aliphatic heterocycles. The highest BCUT2D eigenvalue weighted by Crippen LogP contribution is 2.39. The molecule has 7 heteroatoms. The molecule has 1 aromatic heterocycles. The van der Waals surface area contributed by atoms with Gasteiger partial charge in [0.25, 0.3) is 5.89 Å². The molecule has 0 saturated heterocycles. The minimum Gasteiger partial charge on any atom is -0.497 e. The third-order valence-electron chi connectivity index (χ3n) is 5.88. The maximum atomic E-state index is 13.3. The fourth-order valence-electron chi connectivity index (χ4n) is 4.18. The molecule has 0 radical (unpaired) electrons. The SMILES string of the molecule is COc1ccc(C2NC(=O)N(c3cccc(C)c3)C(C)=C2c2nc(-c3ccccc3)no2)cc1. The number of methoxy groups -OCH3 is 1. The number of carbonyl (C=O) groups is 1. The van der Waals surface area contributed by atoms with Gasteiger partial charge in [0.05, 0.1) is 24.4 Å². The molecule has 1 N–H and O–H groups in total. The number of benzene rings is 3. The van der Waals surface area contributed by atoms with E-state index >= 15 is 0 Å². The first-order valence-corrected chi connectivity index (χ1v) is 11.0. The van der Waals surface area contributed by atoms with Gasteiger partial charge in [0.15, 0.2) is 0 Å². The van der Waals surface area contributed by atoms with Crippen LogP contribution in [0.4, 0.5) is 10.5 Å². The zero-order chi connectivity index (χ0) is 23.7. The highest BCUT2D eigenvalue weighted by atomic mass is 16.5. The predicted molar refractivity (Wildman–Crippen MR) is 130 cm³/mol. The van der Waals surface area contributed by atoms with Crippen LogP contribution in [-0.4, -0.2) is 23.3 Å². The lowest BCUT2D eigenvalue weighted by atomic mass is 9.94. The lowest BCUT2D eigenvalue weighted by molar-refractivity contribution is 0.244. The Morgan fingerprint density at radius 2 is 1.74 bits per heavy atom. The average molecular weight is 453 g/mol. The largest absolute Gasteiger partial charge is 0.497 e. The van der Waals surface area contributed by atoms with Gasteiger partial charge < -0.3 is 14.6 Å². The Bertz CT molecular complexity index is 1360. The summed E-state index contributed by atoms with van der Waals surface area (Å²) in [5, 5.41) is 7.34. The first-order chi connectivity index (χ1) is 16.5. The topological polar surface area (TPSA) is 80.5 Å². The van der Waals surface area contributed by atoms with Crippen molar-refractivity contribution < 1.29 is 14.1 Å². The smallest absolute Gasteiger partial charge is 0.326 e. The number of hydrogen-bond donors (Lipinski definition) is 1. The Kier molecular flexibility index (Phi) is 5.59. The molecule has 0 bridgehead atoms. The molecule has 0 spiro atoms. The number of aryl methyl sites for hydroxylation is 1. The van der Waals surface area contributed by atoms with Gasteiger partial charge in [-0.1, -0.05) is 59.8 Å². The van der Waals surface area contributed by atoms with Crippen molar-refractivity contribution in [2.24, 2.45) is 0 Å². The molecular formula is C27H24N4O3. The van der Waals surface area contributed by atoms with E-state index in [2.05, 4.69) is 10.5 Å². The average Bonchev–Trinajstić information content (AvgIpc) is 3.34. The molecule has 170 valence electrons. The van der Waals surface area contributed by atoms with Crippen molar-refractivity contribution in [3.05, 3.63) is 102 Å². The van der Waals surface area contributed by atoms with Gasteiger partial charge in [-0.25, -0.2) is 4.79 Å². The summed E-state index contributed by atoms with van der Waals surface area (Å²) >= 11 is 0. The molecule has 5 rings (SSSR count). The van der Waals surface area contributed by atoms with Crippen LogP contribution in [0, 0.1) is 6.92 Å². The number of nitrogens with zero attached hydrogens (tertiary/aromatic N) is 3. The van der Waals surface area contributed by atoms with Gasteiger partial charge in [-0.15, -0.1) is 0 Å². The van der Waals surface area contributed by atoms with Crippen molar-refractivity contribution in [1.82, 2.24) is 15.5 Å². The normalized spacial score (nSPS) is 15.9. The molecule has 0 aliphatic carbocycles. The quantitative estimate of drug-likeness (QED) is 0.417. The Hall–Kier alpha value is -4.39. The Morgan fingerprint density at radius 1 is 0.971 bits per heavy atom. The number of allylic oxidation sites excluding steroid dienone is 1. The highest BCUT2D eigenvalue weighted by Gasteiger charge is 2.36. The van der Waals surface area contributed by atoms with Gasteiger partial charge >= 0.3 is 6.03 Å². The monoisotopic (exact) mass is 452 g/mol. The molecule has 2 amide bonds. The van der Waals surface area contributed by atoms with Crippen LogP contribution in [0.3, 0.4) is 0 Å². The van der Waals surface area contributed by atoms with Crippen LogP contribution in [0.1, 0.15) is 30.0 Å². The molecule has 3 aromatic carbocycles. The van der Waals surface area contributed by atoms with Gasteiger partial charge in [0.2, 0.25) is 5.82 Å². The predicted octanol–water partition coefficient (Wildman–Crippen LogP) is 5.76. The number of rotatable bonds is 5. The summed E-state index contributed by atoms with van der Waals surface area (Å²) in [4.78, 5) is 19.7. The first kappa shape index (κ1) is 21.5. The van der Waals surface area contributed by atoms with Gasteiger partial charge in [0, 0.05) is 11.3 Å². The standard InChI is InChI=1S/C27H24N4O3/c1-17-8-7-11-21(16-17)31-18(2)23(26-29-25(30-34-26)20-9-5-4-6-10-20)24(28-27(31)32)19-12-14-22(33-3)15-13-19/h4-16,24H,1-3H3,(H,28,32). The number of hydrogen-bond acceptors (Lipinski definition) is 5. The van der Waals surface area contributed by atoms with Crippen molar-refractivity contribution in [3.63, 3.8) is 0 Å². The van der Waals surface area contributed by atoms with Gasteiger partial charge in [0.1, 0.15) is 5.75 Å². The number of ether oxygens (including phenoxy) is 1. The van der Waals surface area contributed by atoms with E-state index in [1.54, 1.807) is 12.0 Å². The fourth-order valence-corrected chi connectivity index (χ4v) is 4.18. The molecule has 2 heterocycles. The molecule has 1 unspecified atom stereocenters. The summed E-state index contributed by atoms with van der Waals surface area (Å²) in [6.45, 7) is 3.90. The van der Waals surface area contributed by atoms with Gasteiger partial charge in [-0.05, 0) is 49.2 Å². The zero-order valence-electron chi connectivity index (χ0n) is 19.1. The number of aromatic nitrogens is 2. The van der Waals surface area contributed by atoms with E-state index in [1.807, 2.05) is 92.7 Å². The fraction of sp³-hybridized carbons (Fsp3) is 0.148. The summed E-state index contributed by atoms with van der Waals surface area (Å²) in [5.74, 6) is 1.58. The summed E-state index contributed by atoms with van der Waals surface area (Å²) < 4.78 is 11.0. The van der Waals surface area contributed by atoms with Crippen molar-refractivity contribution in [2.45, 2.75) is 19.9 Å². The van der Waals surface area contributed by atoms with Crippen molar-refractivity contribution in [3.8, 4) is 17.1 Å². The number of anilines is 1. The molecular weight excluding hydrogens is 428 g/mol. The minimum atomic E-state index is -0.469.